The van der Waals surface area contributed by atoms with Gasteiger partial charge in [0.1, 0.15) is 5.76 Å². The summed E-state index contributed by atoms with van der Waals surface area (Å²) in [6.07, 6.45) is 2.21. The van der Waals surface area contributed by atoms with E-state index >= 15 is 0 Å². The summed E-state index contributed by atoms with van der Waals surface area (Å²) in [5.74, 6) is 0.399. The highest BCUT2D eigenvalue weighted by atomic mass is 16.4. The molecular formula is C13H17NO4. The lowest BCUT2D eigenvalue weighted by Crippen LogP contribution is -2.34. The molecular weight excluding hydrogens is 234 g/mol. The first-order valence-electron chi connectivity index (χ1n) is 6.14. The first-order chi connectivity index (χ1) is 8.56. The smallest absolute Gasteiger partial charge is 0.305 e. The molecule has 0 saturated heterocycles. The number of aliphatic carboxylic acids is 1. The van der Waals surface area contributed by atoms with Crippen molar-refractivity contribution in [2.24, 2.45) is 5.92 Å². The number of hydrogen-bond donors (Lipinski definition) is 1. The second-order valence-corrected chi connectivity index (χ2v) is 4.75. The highest BCUT2D eigenvalue weighted by Crippen LogP contribution is 2.30. The number of rotatable bonds is 6. The maximum absolute atomic E-state index is 12.2. The van der Waals surface area contributed by atoms with Crippen LogP contribution in [0.25, 0.3) is 0 Å². The number of carboxylic acids is 1. The molecule has 1 saturated carbocycles. The first-order valence-corrected chi connectivity index (χ1v) is 6.14. The number of carbonyl (C=O) groups excluding carboxylic acids is 1. The van der Waals surface area contributed by atoms with E-state index in [2.05, 4.69) is 0 Å². The summed E-state index contributed by atoms with van der Waals surface area (Å²) < 4.78 is 5.30. The predicted octanol–water partition coefficient (Wildman–Crippen LogP) is 1.91. The van der Waals surface area contributed by atoms with Gasteiger partial charge in [0.15, 0.2) is 5.76 Å². The molecule has 98 valence electrons. The van der Waals surface area contributed by atoms with E-state index in [1.54, 1.807) is 24.0 Å². The minimum atomic E-state index is -0.890. The lowest BCUT2D eigenvalue weighted by molar-refractivity contribution is -0.137. The highest BCUT2D eigenvalue weighted by Gasteiger charge is 2.28. The molecule has 0 atom stereocenters. The zero-order valence-corrected chi connectivity index (χ0v) is 10.4. The van der Waals surface area contributed by atoms with Gasteiger partial charge >= 0.3 is 5.97 Å². The third-order valence-corrected chi connectivity index (χ3v) is 3.01. The highest BCUT2D eigenvalue weighted by molar-refractivity contribution is 5.91. The van der Waals surface area contributed by atoms with Crippen LogP contribution in [0.4, 0.5) is 0 Å². The first kappa shape index (κ1) is 12.7. The summed E-state index contributed by atoms with van der Waals surface area (Å²) in [7, 11) is 0. The zero-order valence-electron chi connectivity index (χ0n) is 10.4. The fourth-order valence-corrected chi connectivity index (χ4v) is 1.82. The van der Waals surface area contributed by atoms with Crippen LogP contribution >= 0.6 is 0 Å². The van der Waals surface area contributed by atoms with Crippen LogP contribution in [-0.4, -0.2) is 35.0 Å². The lowest BCUT2D eigenvalue weighted by atomic mass is 10.3. The van der Waals surface area contributed by atoms with Gasteiger partial charge in [-0.2, -0.15) is 0 Å². The number of carbonyl (C=O) groups is 2. The summed E-state index contributed by atoms with van der Waals surface area (Å²) in [6.45, 7) is 2.65. The van der Waals surface area contributed by atoms with Gasteiger partial charge in [-0.25, -0.2) is 0 Å². The van der Waals surface area contributed by atoms with Crippen LogP contribution in [0.3, 0.4) is 0 Å². The Bertz CT molecular complexity index is 448. The van der Waals surface area contributed by atoms with Gasteiger partial charge in [-0.1, -0.05) is 0 Å². The zero-order chi connectivity index (χ0) is 13.1. The second kappa shape index (κ2) is 5.25. The maximum atomic E-state index is 12.2. The molecule has 5 heteroatoms. The molecule has 18 heavy (non-hydrogen) atoms. The molecule has 0 bridgehead atoms. The van der Waals surface area contributed by atoms with Gasteiger partial charge in [-0.15, -0.1) is 0 Å². The molecule has 1 amide bonds. The van der Waals surface area contributed by atoms with E-state index in [-0.39, 0.29) is 18.9 Å². The standard InChI is InChI=1S/C13H17NO4/c1-9-2-5-11(18-9)13(17)14(7-6-12(15)16)8-10-3-4-10/h2,5,10H,3-4,6-8H2,1H3,(H,15,16). The molecule has 0 aromatic carbocycles. The molecule has 1 heterocycles. The number of carboxylic acid groups (broad SMARTS) is 1. The molecule has 0 radical (unpaired) electrons. The van der Waals surface area contributed by atoms with Crippen LogP contribution in [0.15, 0.2) is 16.5 Å². The Hall–Kier alpha value is -1.78. The van der Waals surface area contributed by atoms with Crippen molar-refractivity contribution in [3.05, 3.63) is 23.7 Å². The summed E-state index contributed by atoms with van der Waals surface area (Å²) >= 11 is 0. The van der Waals surface area contributed by atoms with E-state index in [9.17, 15) is 9.59 Å². The molecule has 0 unspecified atom stereocenters. The number of nitrogens with zero attached hydrogens (tertiary/aromatic N) is 1. The fraction of sp³-hybridized carbons (Fsp3) is 0.538. The summed E-state index contributed by atoms with van der Waals surface area (Å²) in [5.41, 5.74) is 0. The third kappa shape index (κ3) is 3.35. The molecule has 2 rings (SSSR count). The van der Waals surface area contributed by atoms with E-state index in [0.29, 0.717) is 24.0 Å². The third-order valence-electron chi connectivity index (χ3n) is 3.01. The van der Waals surface area contributed by atoms with Crippen LogP contribution in [-0.2, 0) is 4.79 Å². The molecule has 1 N–H and O–H groups in total. The van der Waals surface area contributed by atoms with Crippen molar-refractivity contribution >= 4 is 11.9 Å². The molecule has 1 aromatic rings. The van der Waals surface area contributed by atoms with Crippen LogP contribution in [0.1, 0.15) is 35.6 Å². The SMILES string of the molecule is Cc1ccc(C(=O)N(CCC(=O)O)CC2CC2)o1. The minimum Gasteiger partial charge on any atom is -0.481 e. The van der Waals surface area contributed by atoms with Crippen LogP contribution in [0.5, 0.6) is 0 Å². The van der Waals surface area contributed by atoms with E-state index in [1.165, 1.54) is 0 Å². The summed E-state index contributed by atoms with van der Waals surface area (Å²) in [4.78, 5) is 24.4. The van der Waals surface area contributed by atoms with Crippen LogP contribution in [0, 0.1) is 12.8 Å². The predicted molar refractivity (Wildman–Crippen MR) is 64.3 cm³/mol. The van der Waals surface area contributed by atoms with Crippen molar-refractivity contribution < 1.29 is 19.1 Å². The molecule has 0 spiro atoms. The van der Waals surface area contributed by atoms with Gasteiger partial charge in [-0.3, -0.25) is 9.59 Å². The van der Waals surface area contributed by atoms with Crippen molar-refractivity contribution in [3.63, 3.8) is 0 Å². The van der Waals surface area contributed by atoms with E-state index in [4.69, 9.17) is 9.52 Å². The molecule has 5 nitrogen and oxygen atoms in total. The van der Waals surface area contributed by atoms with Crippen molar-refractivity contribution in [1.82, 2.24) is 4.90 Å². The van der Waals surface area contributed by atoms with Crippen molar-refractivity contribution in [3.8, 4) is 0 Å². The van der Waals surface area contributed by atoms with E-state index in [1.807, 2.05) is 0 Å². The fourth-order valence-electron chi connectivity index (χ4n) is 1.82. The molecule has 1 aromatic heterocycles. The number of hydrogen-bond acceptors (Lipinski definition) is 3. The van der Waals surface area contributed by atoms with Gasteiger partial charge in [0, 0.05) is 13.1 Å². The van der Waals surface area contributed by atoms with E-state index < -0.39 is 5.97 Å². The minimum absolute atomic E-state index is 0.0296. The van der Waals surface area contributed by atoms with Crippen molar-refractivity contribution in [1.29, 1.82) is 0 Å². The normalized spacial score (nSPS) is 14.5. The van der Waals surface area contributed by atoms with Crippen molar-refractivity contribution in [2.45, 2.75) is 26.2 Å². The van der Waals surface area contributed by atoms with Gasteiger partial charge in [0.05, 0.1) is 6.42 Å². The average Bonchev–Trinajstić information content (AvgIpc) is 3.03. The monoisotopic (exact) mass is 251 g/mol. The Morgan fingerprint density at radius 2 is 2.17 bits per heavy atom. The Morgan fingerprint density at radius 1 is 1.44 bits per heavy atom. The Labute approximate surface area is 105 Å². The average molecular weight is 251 g/mol. The number of amides is 1. The Morgan fingerprint density at radius 3 is 2.67 bits per heavy atom. The Balaban J connectivity index is 2.01. The van der Waals surface area contributed by atoms with Crippen molar-refractivity contribution in [2.75, 3.05) is 13.1 Å². The lowest BCUT2D eigenvalue weighted by Gasteiger charge is -2.20. The van der Waals surface area contributed by atoms with Gasteiger partial charge in [-0.05, 0) is 37.8 Å². The molecule has 1 fully saturated rings. The van der Waals surface area contributed by atoms with Gasteiger partial charge in [0.2, 0.25) is 0 Å². The van der Waals surface area contributed by atoms with Crippen LogP contribution in [0.2, 0.25) is 0 Å². The van der Waals surface area contributed by atoms with E-state index in [0.717, 1.165) is 12.8 Å². The molecule has 1 aliphatic carbocycles. The molecule has 1 aliphatic rings. The van der Waals surface area contributed by atoms with Crippen LogP contribution < -0.4 is 0 Å². The second-order valence-electron chi connectivity index (χ2n) is 4.75. The maximum Gasteiger partial charge on any atom is 0.305 e. The summed E-state index contributed by atoms with van der Waals surface area (Å²) in [6, 6.07) is 3.37. The quantitative estimate of drug-likeness (QED) is 0.838. The number of furan rings is 1. The van der Waals surface area contributed by atoms with Gasteiger partial charge in [0.25, 0.3) is 5.91 Å². The number of aryl methyl sites for hydroxylation is 1. The summed E-state index contributed by atoms with van der Waals surface area (Å²) in [5, 5.41) is 8.71. The molecule has 0 aliphatic heterocycles. The topological polar surface area (TPSA) is 70.8 Å². The van der Waals surface area contributed by atoms with Gasteiger partial charge < -0.3 is 14.4 Å². The Kier molecular flexibility index (Phi) is 3.69. The largest absolute Gasteiger partial charge is 0.481 e.